The second-order valence-corrected chi connectivity index (χ2v) is 3.65. The molecule has 0 amide bonds. The Morgan fingerprint density at radius 1 is 1.67 bits per heavy atom. The van der Waals surface area contributed by atoms with Gasteiger partial charge in [-0.05, 0) is 11.4 Å². The number of rotatable bonds is 5. The van der Waals surface area contributed by atoms with Crippen LogP contribution in [0.15, 0.2) is 17.5 Å². The van der Waals surface area contributed by atoms with Crippen LogP contribution in [0.1, 0.15) is 11.0 Å². The third-order valence-electron chi connectivity index (χ3n) is 1.37. The summed E-state index contributed by atoms with van der Waals surface area (Å²) in [6.07, 6.45) is -0.506. The Balaban J connectivity index is 2.25. The molecule has 1 aromatic rings. The summed E-state index contributed by atoms with van der Waals surface area (Å²) in [6.45, 7) is 0.817. The highest BCUT2D eigenvalue weighted by Crippen LogP contribution is 2.18. The molecule has 1 unspecified atom stereocenters. The van der Waals surface area contributed by atoms with E-state index < -0.39 is 6.10 Å². The lowest BCUT2D eigenvalue weighted by Gasteiger charge is -2.07. The van der Waals surface area contributed by atoms with Crippen LogP contribution in [0.3, 0.4) is 0 Å². The fraction of sp³-hybridized carbons (Fsp3) is 0.500. The van der Waals surface area contributed by atoms with E-state index >= 15 is 0 Å². The highest BCUT2D eigenvalue weighted by Gasteiger charge is 2.07. The number of hydrogen-bond donors (Lipinski definition) is 1. The van der Waals surface area contributed by atoms with Gasteiger partial charge in [-0.15, -0.1) is 22.9 Å². The Morgan fingerprint density at radius 3 is 3.08 bits per heavy atom. The molecule has 12 heavy (non-hydrogen) atoms. The fourth-order valence-corrected chi connectivity index (χ4v) is 1.62. The van der Waals surface area contributed by atoms with E-state index in [0.29, 0.717) is 19.1 Å². The Kier molecular flexibility index (Phi) is 4.61. The van der Waals surface area contributed by atoms with Crippen molar-refractivity contribution in [3.05, 3.63) is 22.4 Å². The molecule has 1 heterocycles. The predicted octanol–water partition coefficient (Wildman–Crippen LogP) is 2.04. The van der Waals surface area contributed by atoms with Crippen LogP contribution in [0.4, 0.5) is 0 Å². The molecule has 0 saturated carbocycles. The number of alkyl halides is 1. The molecule has 1 atom stereocenters. The van der Waals surface area contributed by atoms with Crippen molar-refractivity contribution in [3.8, 4) is 0 Å². The van der Waals surface area contributed by atoms with Crippen molar-refractivity contribution >= 4 is 22.9 Å². The summed E-state index contributed by atoms with van der Waals surface area (Å²) in [5.41, 5.74) is 0. The van der Waals surface area contributed by atoms with Crippen molar-refractivity contribution in [2.75, 3.05) is 19.1 Å². The Hall–Kier alpha value is -0.0900. The summed E-state index contributed by atoms with van der Waals surface area (Å²) in [4.78, 5) is 0.935. The standard InChI is InChI=1S/C8H11ClO2S/c9-3-4-11-6-7(10)8-2-1-5-12-8/h1-2,5,7,10H,3-4,6H2. The van der Waals surface area contributed by atoms with Gasteiger partial charge in [-0.25, -0.2) is 0 Å². The van der Waals surface area contributed by atoms with Crippen LogP contribution in [0.5, 0.6) is 0 Å². The normalized spacial score (nSPS) is 13.2. The predicted molar refractivity (Wildman–Crippen MR) is 50.8 cm³/mol. The molecule has 1 N–H and O–H groups in total. The summed E-state index contributed by atoms with van der Waals surface area (Å²) in [6, 6.07) is 3.80. The van der Waals surface area contributed by atoms with E-state index in [0.717, 1.165) is 4.88 Å². The molecular formula is C8H11ClO2S. The first-order valence-corrected chi connectivity index (χ1v) is 5.11. The van der Waals surface area contributed by atoms with Crippen LogP contribution < -0.4 is 0 Å². The Morgan fingerprint density at radius 2 is 2.50 bits per heavy atom. The first kappa shape index (κ1) is 9.99. The van der Waals surface area contributed by atoms with Crippen LogP contribution >= 0.6 is 22.9 Å². The molecule has 68 valence electrons. The Labute approximate surface area is 80.7 Å². The number of aliphatic hydroxyl groups excluding tert-OH is 1. The van der Waals surface area contributed by atoms with Crippen molar-refractivity contribution in [1.29, 1.82) is 0 Å². The van der Waals surface area contributed by atoms with Crippen LogP contribution in [-0.4, -0.2) is 24.2 Å². The summed E-state index contributed by atoms with van der Waals surface area (Å²) in [5, 5.41) is 11.4. The van der Waals surface area contributed by atoms with Crippen LogP contribution in [-0.2, 0) is 4.74 Å². The molecule has 0 bridgehead atoms. The number of hydrogen-bond acceptors (Lipinski definition) is 3. The third kappa shape index (κ3) is 3.11. The van der Waals surface area contributed by atoms with Gasteiger partial charge in [-0.1, -0.05) is 6.07 Å². The van der Waals surface area contributed by atoms with Gasteiger partial charge in [-0.3, -0.25) is 0 Å². The van der Waals surface area contributed by atoms with Gasteiger partial charge in [0.2, 0.25) is 0 Å². The number of thiophene rings is 1. The van der Waals surface area contributed by atoms with E-state index in [1.807, 2.05) is 17.5 Å². The van der Waals surface area contributed by atoms with E-state index in [1.54, 1.807) is 0 Å². The smallest absolute Gasteiger partial charge is 0.111 e. The number of ether oxygens (including phenoxy) is 1. The average Bonchev–Trinajstić information content (AvgIpc) is 2.56. The summed E-state index contributed by atoms with van der Waals surface area (Å²) in [7, 11) is 0. The molecular weight excluding hydrogens is 196 g/mol. The fourth-order valence-electron chi connectivity index (χ4n) is 0.813. The van der Waals surface area contributed by atoms with E-state index in [-0.39, 0.29) is 0 Å². The molecule has 1 aromatic heterocycles. The maximum atomic E-state index is 9.48. The molecule has 0 aliphatic rings. The zero-order chi connectivity index (χ0) is 8.81. The minimum Gasteiger partial charge on any atom is -0.385 e. The van der Waals surface area contributed by atoms with Crippen molar-refractivity contribution in [3.63, 3.8) is 0 Å². The summed E-state index contributed by atoms with van der Waals surface area (Å²) in [5.74, 6) is 0.469. The van der Waals surface area contributed by atoms with Crippen molar-refractivity contribution in [2.24, 2.45) is 0 Å². The maximum Gasteiger partial charge on any atom is 0.111 e. The molecule has 0 radical (unpaired) electrons. The first-order chi connectivity index (χ1) is 5.84. The SMILES string of the molecule is OC(COCCCl)c1cccs1. The van der Waals surface area contributed by atoms with E-state index in [4.69, 9.17) is 16.3 Å². The molecule has 0 spiro atoms. The monoisotopic (exact) mass is 206 g/mol. The van der Waals surface area contributed by atoms with Gasteiger partial charge in [0, 0.05) is 10.8 Å². The highest BCUT2D eigenvalue weighted by atomic mass is 35.5. The van der Waals surface area contributed by atoms with Gasteiger partial charge in [-0.2, -0.15) is 0 Å². The summed E-state index contributed by atoms with van der Waals surface area (Å²) >= 11 is 6.93. The lowest BCUT2D eigenvalue weighted by molar-refractivity contribution is 0.0448. The van der Waals surface area contributed by atoms with E-state index in [1.165, 1.54) is 11.3 Å². The van der Waals surface area contributed by atoms with Crippen molar-refractivity contribution < 1.29 is 9.84 Å². The molecule has 0 aliphatic carbocycles. The van der Waals surface area contributed by atoms with Gasteiger partial charge >= 0.3 is 0 Å². The van der Waals surface area contributed by atoms with Gasteiger partial charge < -0.3 is 9.84 Å². The first-order valence-electron chi connectivity index (χ1n) is 3.69. The van der Waals surface area contributed by atoms with Crippen LogP contribution in [0, 0.1) is 0 Å². The lowest BCUT2D eigenvalue weighted by atomic mass is 10.3. The zero-order valence-corrected chi connectivity index (χ0v) is 8.14. The Bertz CT molecular complexity index is 201. The second kappa shape index (κ2) is 5.54. The molecule has 0 saturated heterocycles. The summed E-state index contributed by atoms with van der Waals surface area (Å²) < 4.78 is 5.09. The highest BCUT2D eigenvalue weighted by molar-refractivity contribution is 7.10. The number of halogens is 1. The molecule has 0 aromatic carbocycles. The molecule has 0 fully saturated rings. The molecule has 2 nitrogen and oxygen atoms in total. The minimum absolute atomic E-state index is 0.327. The van der Waals surface area contributed by atoms with E-state index in [9.17, 15) is 5.11 Å². The minimum atomic E-state index is -0.506. The quantitative estimate of drug-likeness (QED) is 0.590. The molecule has 1 rings (SSSR count). The largest absolute Gasteiger partial charge is 0.385 e. The van der Waals surface area contributed by atoms with E-state index in [2.05, 4.69) is 0 Å². The lowest BCUT2D eigenvalue weighted by Crippen LogP contribution is -2.07. The average molecular weight is 207 g/mol. The van der Waals surface area contributed by atoms with Crippen molar-refractivity contribution in [1.82, 2.24) is 0 Å². The number of aliphatic hydroxyl groups is 1. The second-order valence-electron chi connectivity index (χ2n) is 2.30. The zero-order valence-electron chi connectivity index (χ0n) is 6.57. The topological polar surface area (TPSA) is 29.5 Å². The van der Waals surface area contributed by atoms with Gasteiger partial charge in [0.15, 0.2) is 0 Å². The molecule has 4 heteroatoms. The van der Waals surface area contributed by atoms with Gasteiger partial charge in [0.25, 0.3) is 0 Å². The molecule has 0 aliphatic heterocycles. The third-order valence-corrected chi connectivity index (χ3v) is 2.50. The van der Waals surface area contributed by atoms with Gasteiger partial charge in [0.1, 0.15) is 6.10 Å². The van der Waals surface area contributed by atoms with Crippen LogP contribution in [0.2, 0.25) is 0 Å². The van der Waals surface area contributed by atoms with Gasteiger partial charge in [0.05, 0.1) is 13.2 Å². The van der Waals surface area contributed by atoms with Crippen LogP contribution in [0.25, 0.3) is 0 Å². The van der Waals surface area contributed by atoms with Crippen molar-refractivity contribution in [2.45, 2.75) is 6.10 Å². The maximum absolute atomic E-state index is 9.48.